The molecule has 23 heavy (non-hydrogen) atoms. The van der Waals surface area contributed by atoms with Crippen LogP contribution in [0.5, 0.6) is 0 Å². The molecule has 0 saturated heterocycles. The highest BCUT2D eigenvalue weighted by Crippen LogP contribution is 2.26. The number of aryl methyl sites for hydroxylation is 2. The molecule has 1 amide bonds. The fourth-order valence-electron chi connectivity index (χ4n) is 3.01. The van der Waals surface area contributed by atoms with Crippen LogP contribution in [0.15, 0.2) is 0 Å². The van der Waals surface area contributed by atoms with E-state index in [0.29, 0.717) is 30.7 Å². The molecule has 0 bridgehead atoms. The van der Waals surface area contributed by atoms with Crippen LogP contribution >= 0.6 is 0 Å². The van der Waals surface area contributed by atoms with Gasteiger partial charge in [0.05, 0.1) is 17.4 Å². The summed E-state index contributed by atoms with van der Waals surface area (Å²) in [5.41, 5.74) is 0.727. The van der Waals surface area contributed by atoms with Gasteiger partial charge >= 0.3 is 11.7 Å². The van der Waals surface area contributed by atoms with E-state index in [4.69, 9.17) is 5.11 Å². The average molecular weight is 324 g/mol. The summed E-state index contributed by atoms with van der Waals surface area (Å²) in [5.74, 6) is -1.41. The van der Waals surface area contributed by atoms with Crippen LogP contribution in [-0.2, 0) is 16.1 Å². The molecule has 1 aliphatic rings. The first-order valence-corrected chi connectivity index (χ1v) is 7.50. The minimum Gasteiger partial charge on any atom is -0.481 e. The van der Waals surface area contributed by atoms with E-state index in [-0.39, 0.29) is 36.5 Å². The van der Waals surface area contributed by atoms with Crippen molar-refractivity contribution in [1.82, 2.24) is 15.1 Å². The summed E-state index contributed by atoms with van der Waals surface area (Å²) in [6, 6.07) is -0.113. The van der Waals surface area contributed by atoms with Crippen LogP contribution in [0.25, 0.3) is 0 Å². The third kappa shape index (κ3) is 3.85. The summed E-state index contributed by atoms with van der Waals surface area (Å²) in [5, 5.41) is 26.8. The summed E-state index contributed by atoms with van der Waals surface area (Å²) in [6.45, 7) is 3.41. The predicted octanol–water partition coefficient (Wildman–Crippen LogP) is 1.17. The van der Waals surface area contributed by atoms with Crippen LogP contribution in [0.2, 0.25) is 0 Å². The second-order valence-electron chi connectivity index (χ2n) is 5.86. The molecule has 9 heteroatoms. The molecule has 1 fully saturated rings. The zero-order chi connectivity index (χ0) is 17.1. The van der Waals surface area contributed by atoms with E-state index >= 15 is 0 Å². The highest BCUT2D eigenvalue weighted by molar-refractivity contribution is 5.76. The SMILES string of the molecule is Cc1nn(CCC(=O)N[C@H]2CC[C@@H](C(=O)O)C2)c(C)c1[N+](=O)[O-]. The molecule has 1 heterocycles. The number of carbonyl (C=O) groups excluding carboxylic acids is 1. The van der Waals surface area contributed by atoms with Crippen LogP contribution in [-0.4, -0.2) is 37.7 Å². The van der Waals surface area contributed by atoms with Crippen molar-refractivity contribution in [3.05, 3.63) is 21.5 Å². The summed E-state index contributed by atoms with van der Waals surface area (Å²) < 4.78 is 1.46. The molecular weight excluding hydrogens is 304 g/mol. The summed E-state index contributed by atoms with van der Waals surface area (Å²) in [6.07, 6.45) is 1.83. The Labute approximate surface area is 132 Å². The van der Waals surface area contributed by atoms with Crippen molar-refractivity contribution >= 4 is 17.6 Å². The number of aliphatic carboxylic acids is 1. The van der Waals surface area contributed by atoms with Crippen molar-refractivity contribution in [1.29, 1.82) is 0 Å². The van der Waals surface area contributed by atoms with Gasteiger partial charge in [-0.2, -0.15) is 5.10 Å². The molecule has 2 N–H and O–H groups in total. The zero-order valence-corrected chi connectivity index (χ0v) is 13.1. The third-order valence-corrected chi connectivity index (χ3v) is 4.22. The van der Waals surface area contributed by atoms with Gasteiger partial charge in [-0.05, 0) is 33.1 Å². The fourth-order valence-corrected chi connectivity index (χ4v) is 3.01. The van der Waals surface area contributed by atoms with Gasteiger partial charge in [-0.3, -0.25) is 24.4 Å². The van der Waals surface area contributed by atoms with Gasteiger partial charge < -0.3 is 10.4 Å². The standard InChI is InChI=1S/C14H20N4O5/c1-8-13(18(22)23)9(2)17(16-8)6-5-12(19)15-11-4-3-10(7-11)14(20)21/h10-11H,3-7H2,1-2H3,(H,15,19)(H,20,21)/t10-,11+/m1/s1. The molecule has 0 spiro atoms. The number of carboxylic acids is 1. The van der Waals surface area contributed by atoms with Gasteiger partial charge in [-0.25, -0.2) is 0 Å². The van der Waals surface area contributed by atoms with E-state index < -0.39 is 10.9 Å². The molecular formula is C14H20N4O5. The number of carboxylic acid groups (broad SMARTS) is 1. The fraction of sp³-hybridized carbons (Fsp3) is 0.643. The van der Waals surface area contributed by atoms with Crippen molar-refractivity contribution in [2.24, 2.45) is 5.92 Å². The minimum atomic E-state index is -0.823. The highest BCUT2D eigenvalue weighted by atomic mass is 16.6. The number of amides is 1. The first-order chi connectivity index (χ1) is 10.8. The summed E-state index contributed by atoms with van der Waals surface area (Å²) in [4.78, 5) is 33.3. The Kier molecular flexibility index (Phi) is 4.97. The number of nitrogens with one attached hydrogen (secondary N) is 1. The number of aromatic nitrogens is 2. The Morgan fingerprint density at radius 1 is 1.43 bits per heavy atom. The summed E-state index contributed by atoms with van der Waals surface area (Å²) >= 11 is 0. The van der Waals surface area contributed by atoms with E-state index in [0.717, 1.165) is 0 Å². The second kappa shape index (κ2) is 6.76. The predicted molar refractivity (Wildman–Crippen MR) is 79.9 cm³/mol. The summed E-state index contributed by atoms with van der Waals surface area (Å²) in [7, 11) is 0. The molecule has 1 saturated carbocycles. The van der Waals surface area contributed by atoms with E-state index in [2.05, 4.69) is 10.4 Å². The van der Waals surface area contributed by atoms with Crippen LogP contribution in [0.1, 0.15) is 37.1 Å². The maximum atomic E-state index is 12.0. The molecule has 1 aromatic rings. The largest absolute Gasteiger partial charge is 0.481 e. The van der Waals surface area contributed by atoms with Gasteiger partial charge in [0.15, 0.2) is 0 Å². The normalized spacial score (nSPS) is 20.4. The lowest BCUT2D eigenvalue weighted by Gasteiger charge is -2.12. The Bertz CT molecular complexity index is 639. The number of hydrogen-bond acceptors (Lipinski definition) is 5. The van der Waals surface area contributed by atoms with Crippen LogP contribution in [0, 0.1) is 29.9 Å². The topological polar surface area (TPSA) is 127 Å². The first kappa shape index (κ1) is 16.9. The number of hydrogen-bond donors (Lipinski definition) is 2. The Hall–Kier alpha value is -2.45. The molecule has 2 rings (SSSR count). The van der Waals surface area contributed by atoms with Crippen molar-refractivity contribution in [2.75, 3.05) is 0 Å². The minimum absolute atomic E-state index is 0.0227. The van der Waals surface area contributed by atoms with Crippen molar-refractivity contribution in [3.8, 4) is 0 Å². The molecule has 126 valence electrons. The molecule has 0 radical (unpaired) electrons. The van der Waals surface area contributed by atoms with Crippen LogP contribution < -0.4 is 5.32 Å². The van der Waals surface area contributed by atoms with Crippen molar-refractivity contribution in [3.63, 3.8) is 0 Å². The van der Waals surface area contributed by atoms with E-state index in [1.54, 1.807) is 13.8 Å². The van der Waals surface area contributed by atoms with Crippen LogP contribution in [0.4, 0.5) is 5.69 Å². The molecule has 0 aromatic carbocycles. The zero-order valence-electron chi connectivity index (χ0n) is 13.1. The molecule has 9 nitrogen and oxygen atoms in total. The van der Waals surface area contributed by atoms with Gasteiger partial charge in [0.1, 0.15) is 11.4 Å². The Balaban J connectivity index is 1.87. The van der Waals surface area contributed by atoms with E-state index in [1.807, 2.05) is 0 Å². The van der Waals surface area contributed by atoms with Gasteiger partial charge in [-0.1, -0.05) is 0 Å². The molecule has 0 unspecified atom stereocenters. The van der Waals surface area contributed by atoms with Crippen LogP contribution in [0.3, 0.4) is 0 Å². The van der Waals surface area contributed by atoms with E-state index in [1.165, 1.54) is 4.68 Å². The Morgan fingerprint density at radius 2 is 2.13 bits per heavy atom. The number of nitrogens with zero attached hydrogens (tertiary/aromatic N) is 3. The monoisotopic (exact) mass is 324 g/mol. The quantitative estimate of drug-likeness (QED) is 0.597. The molecule has 1 aliphatic carbocycles. The number of rotatable bonds is 6. The molecule has 0 aliphatic heterocycles. The van der Waals surface area contributed by atoms with Gasteiger partial charge in [0, 0.05) is 12.5 Å². The molecule has 1 aromatic heterocycles. The first-order valence-electron chi connectivity index (χ1n) is 7.50. The second-order valence-corrected chi connectivity index (χ2v) is 5.86. The Morgan fingerprint density at radius 3 is 2.65 bits per heavy atom. The maximum Gasteiger partial charge on any atom is 0.312 e. The lowest BCUT2D eigenvalue weighted by atomic mass is 10.1. The average Bonchev–Trinajstić information content (AvgIpc) is 3.01. The van der Waals surface area contributed by atoms with Gasteiger partial charge in [-0.15, -0.1) is 0 Å². The highest BCUT2D eigenvalue weighted by Gasteiger charge is 2.30. The lowest BCUT2D eigenvalue weighted by molar-refractivity contribution is -0.386. The maximum absolute atomic E-state index is 12.0. The third-order valence-electron chi connectivity index (χ3n) is 4.22. The molecule has 2 atom stereocenters. The van der Waals surface area contributed by atoms with Crippen molar-refractivity contribution in [2.45, 2.75) is 52.1 Å². The number of nitro groups is 1. The lowest BCUT2D eigenvalue weighted by Crippen LogP contribution is -2.34. The van der Waals surface area contributed by atoms with Gasteiger partial charge in [0.2, 0.25) is 5.91 Å². The van der Waals surface area contributed by atoms with E-state index in [9.17, 15) is 19.7 Å². The number of carbonyl (C=O) groups is 2. The smallest absolute Gasteiger partial charge is 0.312 e. The van der Waals surface area contributed by atoms with Gasteiger partial charge in [0.25, 0.3) is 0 Å². The van der Waals surface area contributed by atoms with Crippen molar-refractivity contribution < 1.29 is 19.6 Å².